The number of likely N-dealkylation sites (N-methyl/N-ethyl adjacent to an activating group) is 1. The van der Waals surface area contributed by atoms with Crippen LogP contribution in [0.5, 0.6) is 0 Å². The van der Waals surface area contributed by atoms with Crippen molar-refractivity contribution in [1.82, 2.24) is 15.5 Å². The fourth-order valence-electron chi connectivity index (χ4n) is 2.73. The topological polar surface area (TPSA) is 39.7 Å². The largest absolute Gasteiger partial charge is 0.355 e. The number of nitrogens with one attached hydrogen (secondary N) is 2. The first kappa shape index (κ1) is 15.3. The van der Waals surface area contributed by atoms with Crippen LogP contribution in [0.3, 0.4) is 0 Å². The molecular formula is C15H26N4S. The maximum absolute atomic E-state index is 4.31. The van der Waals surface area contributed by atoms with Crippen molar-refractivity contribution in [2.75, 3.05) is 26.7 Å². The zero-order chi connectivity index (χ0) is 14.4. The van der Waals surface area contributed by atoms with Gasteiger partial charge in [-0.15, -0.1) is 11.3 Å². The van der Waals surface area contributed by atoms with Gasteiger partial charge in [0.2, 0.25) is 0 Å². The highest BCUT2D eigenvalue weighted by Crippen LogP contribution is 2.16. The monoisotopic (exact) mass is 294 g/mol. The standard InChI is InChI=1S/C15H26N4S/c1-4-19-8-5-6-13(19)10-17-15(16-3)18-11-14-12(2)7-9-20-14/h7,9,13H,4-6,8,10-11H2,1-3H3,(H2,16,17,18). The van der Waals surface area contributed by atoms with Crippen molar-refractivity contribution in [2.24, 2.45) is 4.99 Å². The van der Waals surface area contributed by atoms with Crippen LogP contribution < -0.4 is 10.6 Å². The van der Waals surface area contributed by atoms with Crippen LogP contribution in [0.15, 0.2) is 16.4 Å². The van der Waals surface area contributed by atoms with E-state index in [0.29, 0.717) is 6.04 Å². The molecule has 1 aromatic rings. The number of hydrogen-bond acceptors (Lipinski definition) is 3. The number of guanidine groups is 1. The summed E-state index contributed by atoms with van der Waals surface area (Å²) in [6.07, 6.45) is 2.61. The van der Waals surface area contributed by atoms with Crippen molar-refractivity contribution in [3.63, 3.8) is 0 Å². The van der Waals surface area contributed by atoms with E-state index in [1.807, 2.05) is 7.05 Å². The molecule has 1 fully saturated rings. The Morgan fingerprint density at radius 1 is 1.50 bits per heavy atom. The maximum Gasteiger partial charge on any atom is 0.191 e. The molecule has 2 N–H and O–H groups in total. The summed E-state index contributed by atoms with van der Waals surface area (Å²) in [5.41, 5.74) is 1.35. The molecule has 0 amide bonds. The molecule has 1 aromatic heterocycles. The van der Waals surface area contributed by atoms with E-state index in [9.17, 15) is 0 Å². The van der Waals surface area contributed by atoms with Gasteiger partial charge in [-0.2, -0.15) is 0 Å². The summed E-state index contributed by atoms with van der Waals surface area (Å²) in [6.45, 7) is 8.62. The van der Waals surface area contributed by atoms with Crippen molar-refractivity contribution < 1.29 is 0 Å². The lowest BCUT2D eigenvalue weighted by Gasteiger charge is -2.23. The minimum atomic E-state index is 0.655. The lowest BCUT2D eigenvalue weighted by atomic mass is 10.2. The molecule has 0 aromatic carbocycles. The third-order valence-corrected chi connectivity index (χ3v) is 5.04. The van der Waals surface area contributed by atoms with Crippen LogP contribution >= 0.6 is 11.3 Å². The number of aryl methyl sites for hydroxylation is 1. The van der Waals surface area contributed by atoms with Gasteiger partial charge in [-0.3, -0.25) is 9.89 Å². The lowest BCUT2D eigenvalue weighted by Crippen LogP contribution is -2.44. The summed E-state index contributed by atoms with van der Waals surface area (Å²) >= 11 is 1.80. The predicted molar refractivity (Wildman–Crippen MR) is 87.5 cm³/mol. The average Bonchev–Trinajstić information content (AvgIpc) is 3.08. The fourth-order valence-corrected chi connectivity index (χ4v) is 3.57. The molecule has 2 rings (SSSR count). The highest BCUT2D eigenvalue weighted by Gasteiger charge is 2.22. The Morgan fingerprint density at radius 3 is 3.00 bits per heavy atom. The molecule has 0 bridgehead atoms. The summed E-state index contributed by atoms with van der Waals surface area (Å²) in [5, 5.41) is 9.00. The summed E-state index contributed by atoms with van der Waals surface area (Å²) in [7, 11) is 1.84. The number of thiophene rings is 1. The molecule has 5 heteroatoms. The number of likely N-dealkylation sites (tertiary alicyclic amines) is 1. The van der Waals surface area contributed by atoms with E-state index in [1.165, 1.54) is 29.8 Å². The molecule has 1 aliphatic rings. The van der Waals surface area contributed by atoms with Gasteiger partial charge in [-0.25, -0.2) is 0 Å². The van der Waals surface area contributed by atoms with Crippen LogP contribution in [-0.4, -0.2) is 43.6 Å². The molecule has 0 radical (unpaired) electrons. The van der Waals surface area contributed by atoms with Gasteiger partial charge in [0.15, 0.2) is 5.96 Å². The Bertz CT molecular complexity index is 441. The zero-order valence-corrected chi connectivity index (χ0v) is 13.6. The summed E-state index contributed by atoms with van der Waals surface area (Å²) in [5.74, 6) is 0.903. The Labute approximate surface area is 126 Å². The summed E-state index contributed by atoms with van der Waals surface area (Å²) in [6, 6.07) is 2.82. The van der Waals surface area contributed by atoms with Gasteiger partial charge in [0, 0.05) is 24.5 Å². The molecule has 2 heterocycles. The minimum absolute atomic E-state index is 0.655. The molecule has 1 saturated heterocycles. The van der Waals surface area contributed by atoms with Gasteiger partial charge in [0.1, 0.15) is 0 Å². The first-order valence-electron chi connectivity index (χ1n) is 7.46. The van der Waals surface area contributed by atoms with Crippen LogP contribution in [0.1, 0.15) is 30.2 Å². The van der Waals surface area contributed by atoms with Crippen molar-refractivity contribution >= 4 is 17.3 Å². The maximum atomic E-state index is 4.31. The lowest BCUT2D eigenvalue weighted by molar-refractivity contribution is 0.267. The van der Waals surface area contributed by atoms with Crippen LogP contribution in [0.4, 0.5) is 0 Å². The van der Waals surface area contributed by atoms with Crippen LogP contribution in [-0.2, 0) is 6.54 Å². The number of nitrogens with zero attached hydrogens (tertiary/aromatic N) is 2. The van der Waals surface area contributed by atoms with Crippen LogP contribution in [0.25, 0.3) is 0 Å². The Morgan fingerprint density at radius 2 is 2.35 bits per heavy atom. The zero-order valence-electron chi connectivity index (χ0n) is 12.8. The van der Waals surface area contributed by atoms with Gasteiger partial charge >= 0.3 is 0 Å². The van der Waals surface area contributed by atoms with Crippen molar-refractivity contribution in [3.05, 3.63) is 21.9 Å². The fraction of sp³-hybridized carbons (Fsp3) is 0.667. The van der Waals surface area contributed by atoms with Crippen molar-refractivity contribution in [3.8, 4) is 0 Å². The van der Waals surface area contributed by atoms with Gasteiger partial charge in [-0.1, -0.05) is 6.92 Å². The predicted octanol–water partition coefficient (Wildman–Crippen LogP) is 2.21. The van der Waals surface area contributed by atoms with Gasteiger partial charge < -0.3 is 10.6 Å². The van der Waals surface area contributed by atoms with E-state index in [4.69, 9.17) is 0 Å². The highest BCUT2D eigenvalue weighted by atomic mass is 32.1. The van der Waals surface area contributed by atoms with E-state index < -0.39 is 0 Å². The number of rotatable bonds is 5. The molecule has 20 heavy (non-hydrogen) atoms. The quantitative estimate of drug-likeness (QED) is 0.646. The smallest absolute Gasteiger partial charge is 0.191 e. The second-order valence-electron chi connectivity index (χ2n) is 5.26. The summed E-state index contributed by atoms with van der Waals surface area (Å²) in [4.78, 5) is 8.23. The molecule has 1 unspecified atom stereocenters. The second kappa shape index (κ2) is 7.64. The molecule has 4 nitrogen and oxygen atoms in total. The van der Waals surface area contributed by atoms with Crippen LogP contribution in [0, 0.1) is 6.92 Å². The Kier molecular flexibility index (Phi) is 5.86. The van der Waals surface area contributed by atoms with Gasteiger partial charge in [0.05, 0.1) is 6.54 Å². The van der Waals surface area contributed by atoms with E-state index >= 15 is 0 Å². The molecule has 1 atom stereocenters. The van der Waals surface area contributed by atoms with Crippen LogP contribution in [0.2, 0.25) is 0 Å². The average molecular weight is 294 g/mol. The number of hydrogen-bond donors (Lipinski definition) is 2. The SMILES string of the molecule is CCN1CCCC1CNC(=NC)NCc1sccc1C. The highest BCUT2D eigenvalue weighted by molar-refractivity contribution is 7.10. The molecule has 0 saturated carbocycles. The second-order valence-corrected chi connectivity index (χ2v) is 6.26. The van der Waals surface area contributed by atoms with E-state index in [-0.39, 0.29) is 0 Å². The van der Waals surface area contributed by atoms with E-state index in [1.54, 1.807) is 11.3 Å². The van der Waals surface area contributed by atoms with Gasteiger partial charge in [0.25, 0.3) is 0 Å². The van der Waals surface area contributed by atoms with Crippen molar-refractivity contribution in [2.45, 2.75) is 39.3 Å². The minimum Gasteiger partial charge on any atom is -0.355 e. The van der Waals surface area contributed by atoms with E-state index in [2.05, 4.69) is 45.8 Å². The van der Waals surface area contributed by atoms with Crippen molar-refractivity contribution in [1.29, 1.82) is 0 Å². The van der Waals surface area contributed by atoms with E-state index in [0.717, 1.165) is 25.6 Å². The summed E-state index contributed by atoms with van der Waals surface area (Å²) < 4.78 is 0. The third-order valence-electron chi connectivity index (χ3n) is 4.02. The molecule has 0 spiro atoms. The number of aliphatic imine (C=N–C) groups is 1. The first-order chi connectivity index (χ1) is 9.74. The molecule has 0 aliphatic carbocycles. The Hall–Kier alpha value is -1.07. The van der Waals surface area contributed by atoms with Gasteiger partial charge in [-0.05, 0) is 49.9 Å². The normalized spacial score (nSPS) is 20.4. The molecular weight excluding hydrogens is 268 g/mol. The first-order valence-corrected chi connectivity index (χ1v) is 8.34. The third kappa shape index (κ3) is 3.96. The molecule has 1 aliphatic heterocycles. The molecule has 112 valence electrons. The Balaban J connectivity index is 1.77.